The summed E-state index contributed by atoms with van der Waals surface area (Å²) in [5.74, 6) is 0.173. The highest BCUT2D eigenvalue weighted by molar-refractivity contribution is 9.10. The van der Waals surface area contributed by atoms with Crippen LogP contribution in [0.25, 0.3) is 0 Å². The number of pyridine rings is 1. The molecule has 0 fully saturated rings. The Bertz CT molecular complexity index is 664. The van der Waals surface area contributed by atoms with Gasteiger partial charge < -0.3 is 10.6 Å². The van der Waals surface area contributed by atoms with E-state index in [0.717, 1.165) is 0 Å². The second-order valence-electron chi connectivity index (χ2n) is 3.83. The lowest BCUT2D eigenvalue weighted by Gasteiger charge is -2.11. The van der Waals surface area contributed by atoms with E-state index in [1.54, 1.807) is 37.5 Å². The highest BCUT2D eigenvalue weighted by atomic mass is 79.9. The van der Waals surface area contributed by atoms with Crippen LogP contribution >= 0.6 is 39.1 Å². The molecule has 20 heavy (non-hydrogen) atoms. The first-order valence-electron chi connectivity index (χ1n) is 5.62. The van der Waals surface area contributed by atoms with Crippen LogP contribution in [0.3, 0.4) is 0 Å². The maximum absolute atomic E-state index is 12.2. The van der Waals surface area contributed by atoms with Crippen molar-refractivity contribution in [1.82, 2.24) is 4.98 Å². The molecule has 0 atom stereocenters. The zero-order valence-corrected chi connectivity index (χ0v) is 13.5. The molecule has 0 saturated heterocycles. The van der Waals surface area contributed by atoms with Gasteiger partial charge in [0.05, 0.1) is 21.3 Å². The first-order valence-corrected chi connectivity index (χ1v) is 7.17. The SMILES string of the molecule is CNc1ncccc1C(=O)Nc1ccc(Br)c(Cl)c1Cl. The summed E-state index contributed by atoms with van der Waals surface area (Å²) >= 11 is 15.4. The van der Waals surface area contributed by atoms with E-state index in [2.05, 4.69) is 31.5 Å². The lowest BCUT2D eigenvalue weighted by atomic mass is 10.2. The van der Waals surface area contributed by atoms with Gasteiger partial charge in [-0.25, -0.2) is 4.98 Å². The molecule has 0 bridgehead atoms. The second kappa shape index (κ2) is 6.43. The number of halogens is 3. The molecule has 0 saturated carbocycles. The van der Waals surface area contributed by atoms with Gasteiger partial charge in [-0.15, -0.1) is 0 Å². The number of hydrogen-bond acceptors (Lipinski definition) is 3. The molecule has 4 nitrogen and oxygen atoms in total. The molecule has 0 aliphatic heterocycles. The second-order valence-corrected chi connectivity index (χ2v) is 5.44. The smallest absolute Gasteiger partial charge is 0.259 e. The van der Waals surface area contributed by atoms with Crippen molar-refractivity contribution in [2.24, 2.45) is 0 Å². The van der Waals surface area contributed by atoms with Crippen molar-refractivity contribution in [1.29, 1.82) is 0 Å². The molecule has 2 N–H and O–H groups in total. The minimum absolute atomic E-state index is 0.282. The number of hydrogen-bond donors (Lipinski definition) is 2. The molecule has 2 rings (SSSR count). The highest BCUT2D eigenvalue weighted by Crippen LogP contribution is 2.36. The Hall–Kier alpha value is -1.30. The molecule has 0 radical (unpaired) electrons. The van der Waals surface area contributed by atoms with Gasteiger partial charge in [-0.3, -0.25) is 4.79 Å². The first-order chi connectivity index (χ1) is 9.54. The molecule has 1 aromatic carbocycles. The minimum atomic E-state index is -0.317. The van der Waals surface area contributed by atoms with E-state index in [-0.39, 0.29) is 10.9 Å². The van der Waals surface area contributed by atoms with Crippen LogP contribution in [0.5, 0.6) is 0 Å². The predicted molar refractivity (Wildman–Crippen MR) is 85.9 cm³/mol. The van der Waals surface area contributed by atoms with Gasteiger partial charge in [-0.1, -0.05) is 23.2 Å². The van der Waals surface area contributed by atoms with Crippen LogP contribution in [0, 0.1) is 0 Å². The summed E-state index contributed by atoms with van der Waals surface area (Å²) in [6, 6.07) is 6.74. The maximum Gasteiger partial charge on any atom is 0.259 e. The van der Waals surface area contributed by atoms with Crippen molar-refractivity contribution < 1.29 is 4.79 Å². The predicted octanol–water partition coefficient (Wildman–Crippen LogP) is 4.44. The minimum Gasteiger partial charge on any atom is -0.372 e. The Balaban J connectivity index is 2.31. The fourth-order valence-electron chi connectivity index (χ4n) is 1.60. The fourth-order valence-corrected chi connectivity index (χ4v) is 2.42. The molecule has 1 amide bonds. The summed E-state index contributed by atoms with van der Waals surface area (Å²) in [5, 5.41) is 6.21. The topological polar surface area (TPSA) is 54.0 Å². The van der Waals surface area contributed by atoms with Gasteiger partial charge >= 0.3 is 0 Å². The van der Waals surface area contributed by atoms with Gasteiger partial charge in [-0.2, -0.15) is 0 Å². The van der Waals surface area contributed by atoms with E-state index in [1.165, 1.54) is 0 Å². The quantitative estimate of drug-likeness (QED) is 0.780. The number of aromatic nitrogens is 1. The third-order valence-corrected chi connectivity index (χ3v) is 4.34. The number of amides is 1. The van der Waals surface area contributed by atoms with E-state index >= 15 is 0 Å². The molecule has 7 heteroatoms. The van der Waals surface area contributed by atoms with Crippen LogP contribution in [0.15, 0.2) is 34.9 Å². The average molecular weight is 375 g/mol. The van der Waals surface area contributed by atoms with Crippen molar-refractivity contribution in [3.8, 4) is 0 Å². The number of benzene rings is 1. The zero-order valence-electron chi connectivity index (χ0n) is 10.4. The van der Waals surface area contributed by atoms with Gasteiger partial charge in [0.25, 0.3) is 5.91 Å². The summed E-state index contributed by atoms with van der Waals surface area (Å²) in [6.45, 7) is 0. The average Bonchev–Trinajstić information content (AvgIpc) is 2.47. The van der Waals surface area contributed by atoms with E-state index in [4.69, 9.17) is 23.2 Å². The summed E-state index contributed by atoms with van der Waals surface area (Å²) < 4.78 is 0.666. The van der Waals surface area contributed by atoms with Crippen molar-refractivity contribution in [3.05, 3.63) is 50.5 Å². The third-order valence-electron chi connectivity index (χ3n) is 2.57. The zero-order chi connectivity index (χ0) is 14.7. The van der Waals surface area contributed by atoms with E-state index in [9.17, 15) is 4.79 Å². The number of carbonyl (C=O) groups is 1. The number of carbonyl (C=O) groups excluding carboxylic acids is 1. The molecule has 0 aliphatic rings. The van der Waals surface area contributed by atoms with Gasteiger partial charge in [-0.05, 0) is 40.2 Å². The van der Waals surface area contributed by atoms with Crippen molar-refractivity contribution in [2.45, 2.75) is 0 Å². The van der Waals surface area contributed by atoms with Gasteiger partial charge in [0.15, 0.2) is 0 Å². The van der Waals surface area contributed by atoms with Gasteiger partial charge in [0.1, 0.15) is 5.82 Å². The van der Waals surface area contributed by atoms with E-state index in [0.29, 0.717) is 26.6 Å². The molecule has 0 aliphatic carbocycles. The molecule has 1 aromatic heterocycles. The van der Waals surface area contributed by atoms with Crippen LogP contribution in [0.4, 0.5) is 11.5 Å². The maximum atomic E-state index is 12.2. The van der Waals surface area contributed by atoms with Crippen molar-refractivity contribution in [2.75, 3.05) is 17.7 Å². The number of rotatable bonds is 3. The molecule has 2 aromatic rings. The van der Waals surface area contributed by atoms with Crippen LogP contribution in [0.2, 0.25) is 10.0 Å². The normalized spacial score (nSPS) is 10.2. The molecular formula is C13H10BrCl2N3O. The Kier molecular flexibility index (Phi) is 4.86. The third kappa shape index (κ3) is 3.06. The van der Waals surface area contributed by atoms with Crippen molar-refractivity contribution in [3.63, 3.8) is 0 Å². The molecule has 1 heterocycles. The Morgan fingerprint density at radius 3 is 2.70 bits per heavy atom. The lowest BCUT2D eigenvalue weighted by Crippen LogP contribution is -2.15. The summed E-state index contributed by atoms with van der Waals surface area (Å²) in [6.07, 6.45) is 1.60. The van der Waals surface area contributed by atoms with E-state index in [1.807, 2.05) is 0 Å². The molecular weight excluding hydrogens is 365 g/mol. The first kappa shape index (κ1) is 15.1. The summed E-state index contributed by atoms with van der Waals surface area (Å²) in [5.41, 5.74) is 0.862. The number of nitrogens with zero attached hydrogens (tertiary/aromatic N) is 1. The van der Waals surface area contributed by atoms with Crippen LogP contribution in [0.1, 0.15) is 10.4 Å². The monoisotopic (exact) mass is 373 g/mol. The van der Waals surface area contributed by atoms with Gasteiger partial charge in [0.2, 0.25) is 0 Å². The molecule has 0 spiro atoms. The highest BCUT2D eigenvalue weighted by Gasteiger charge is 2.15. The standard InChI is InChI=1S/C13H10BrCl2N3O/c1-17-12-7(3-2-6-18-12)13(20)19-9-5-4-8(14)10(15)11(9)16/h2-6H,1H3,(H,17,18)(H,19,20). The molecule has 0 unspecified atom stereocenters. The van der Waals surface area contributed by atoms with Crippen LogP contribution in [-0.4, -0.2) is 17.9 Å². The largest absolute Gasteiger partial charge is 0.372 e. The Labute approximate surface area is 134 Å². The number of anilines is 2. The lowest BCUT2D eigenvalue weighted by molar-refractivity contribution is 0.102. The summed E-state index contributed by atoms with van der Waals surface area (Å²) in [4.78, 5) is 16.3. The van der Waals surface area contributed by atoms with Crippen molar-refractivity contribution >= 4 is 56.5 Å². The fraction of sp³-hybridized carbons (Fsp3) is 0.0769. The van der Waals surface area contributed by atoms with E-state index < -0.39 is 0 Å². The van der Waals surface area contributed by atoms with Crippen LogP contribution in [-0.2, 0) is 0 Å². The Morgan fingerprint density at radius 2 is 2.00 bits per heavy atom. The molecule has 104 valence electrons. The Morgan fingerprint density at radius 1 is 1.25 bits per heavy atom. The van der Waals surface area contributed by atoms with Gasteiger partial charge in [0, 0.05) is 17.7 Å². The number of nitrogens with one attached hydrogen (secondary N) is 2. The summed E-state index contributed by atoms with van der Waals surface area (Å²) in [7, 11) is 1.70. The van der Waals surface area contributed by atoms with Crippen LogP contribution < -0.4 is 10.6 Å².